The van der Waals surface area contributed by atoms with Crippen molar-refractivity contribution in [3.05, 3.63) is 66.1 Å². The lowest BCUT2D eigenvalue weighted by molar-refractivity contribution is -0.134. The quantitative estimate of drug-likeness (QED) is 0.513. The Morgan fingerprint density at radius 2 is 1.71 bits per heavy atom. The summed E-state index contributed by atoms with van der Waals surface area (Å²) in [6.45, 7) is 8.77. The van der Waals surface area contributed by atoms with Gasteiger partial charge in [-0.25, -0.2) is 13.9 Å². The Labute approximate surface area is 198 Å². The molecule has 1 aliphatic rings. The van der Waals surface area contributed by atoms with E-state index in [-0.39, 0.29) is 29.9 Å². The van der Waals surface area contributed by atoms with Gasteiger partial charge < -0.3 is 14.5 Å². The van der Waals surface area contributed by atoms with Gasteiger partial charge in [-0.05, 0) is 43.3 Å². The number of aromatic nitrogens is 2. The number of carbonyl (C=O) groups excluding carboxylic acids is 2. The van der Waals surface area contributed by atoms with Crippen LogP contribution in [-0.2, 0) is 9.53 Å². The molecule has 178 valence electrons. The molecule has 2 heterocycles. The summed E-state index contributed by atoms with van der Waals surface area (Å²) < 4.78 is 20.6. The summed E-state index contributed by atoms with van der Waals surface area (Å²) in [5.41, 5.74) is 3.23. The van der Waals surface area contributed by atoms with Gasteiger partial charge >= 0.3 is 5.97 Å². The lowest BCUT2D eigenvalue weighted by Gasteiger charge is -2.37. The Kier molecular flexibility index (Phi) is 6.95. The van der Waals surface area contributed by atoms with Crippen molar-refractivity contribution in [1.82, 2.24) is 14.7 Å². The van der Waals surface area contributed by atoms with E-state index < -0.39 is 5.97 Å². The van der Waals surface area contributed by atoms with Crippen LogP contribution in [0.3, 0.4) is 0 Å². The normalized spacial score (nSPS) is 13.9. The number of rotatable bonds is 6. The molecule has 0 atom stereocenters. The van der Waals surface area contributed by atoms with E-state index in [1.165, 1.54) is 12.1 Å². The molecule has 0 radical (unpaired) electrons. The van der Waals surface area contributed by atoms with Crippen LogP contribution in [0.4, 0.5) is 10.1 Å². The highest BCUT2D eigenvalue weighted by atomic mass is 19.1. The van der Waals surface area contributed by atoms with Gasteiger partial charge in [0.1, 0.15) is 5.82 Å². The van der Waals surface area contributed by atoms with E-state index in [2.05, 4.69) is 10.00 Å². The second kappa shape index (κ2) is 10.1. The van der Waals surface area contributed by atoms with Crippen molar-refractivity contribution in [3.63, 3.8) is 0 Å². The molecule has 1 fully saturated rings. The third kappa shape index (κ3) is 4.95. The largest absolute Gasteiger partial charge is 0.461 e. The molecule has 4 rings (SSSR count). The number of amides is 1. The highest BCUT2D eigenvalue weighted by Crippen LogP contribution is 2.28. The zero-order valence-corrected chi connectivity index (χ0v) is 19.7. The molecule has 1 saturated heterocycles. The molecule has 34 heavy (non-hydrogen) atoms. The van der Waals surface area contributed by atoms with Crippen LogP contribution in [0.1, 0.15) is 31.3 Å². The first-order chi connectivity index (χ1) is 16.4. The van der Waals surface area contributed by atoms with Crippen molar-refractivity contribution in [1.29, 1.82) is 0 Å². The smallest absolute Gasteiger partial charge is 0.358 e. The summed E-state index contributed by atoms with van der Waals surface area (Å²) >= 11 is 0. The average Bonchev–Trinajstić information content (AvgIpc) is 3.30. The molecule has 0 aliphatic carbocycles. The van der Waals surface area contributed by atoms with Crippen LogP contribution < -0.4 is 4.90 Å². The SMILES string of the molecule is CCOC(=O)c1cc(-c2ccc(N3CCN(C(=O)C(C)C)CC3)cc2)n(-c2cccc(F)c2)n1. The van der Waals surface area contributed by atoms with Crippen molar-refractivity contribution in [2.45, 2.75) is 20.8 Å². The zero-order valence-electron chi connectivity index (χ0n) is 19.7. The predicted molar refractivity (Wildman–Crippen MR) is 129 cm³/mol. The van der Waals surface area contributed by atoms with Gasteiger partial charge in [0, 0.05) is 43.3 Å². The Morgan fingerprint density at radius 3 is 2.32 bits per heavy atom. The number of hydrogen-bond acceptors (Lipinski definition) is 5. The first-order valence-corrected chi connectivity index (χ1v) is 11.5. The van der Waals surface area contributed by atoms with Crippen LogP contribution in [0.2, 0.25) is 0 Å². The maximum atomic E-state index is 13.9. The van der Waals surface area contributed by atoms with Crippen LogP contribution in [0, 0.1) is 11.7 Å². The number of anilines is 1. The lowest BCUT2D eigenvalue weighted by Crippen LogP contribution is -2.49. The summed E-state index contributed by atoms with van der Waals surface area (Å²) in [6.07, 6.45) is 0. The summed E-state index contributed by atoms with van der Waals surface area (Å²) in [5.74, 6) is -0.710. The molecule has 2 aromatic carbocycles. The van der Waals surface area contributed by atoms with E-state index in [1.807, 2.05) is 43.0 Å². The number of carbonyl (C=O) groups is 2. The molecule has 0 bridgehead atoms. The predicted octanol–water partition coefficient (Wildman–Crippen LogP) is 4.16. The fraction of sp³-hybridized carbons (Fsp3) is 0.346. The third-order valence-electron chi connectivity index (χ3n) is 5.86. The lowest BCUT2D eigenvalue weighted by atomic mass is 10.1. The molecule has 0 N–H and O–H groups in total. The van der Waals surface area contributed by atoms with Crippen LogP contribution in [-0.4, -0.2) is 59.3 Å². The van der Waals surface area contributed by atoms with Crippen molar-refractivity contribution >= 4 is 17.6 Å². The highest BCUT2D eigenvalue weighted by molar-refractivity contribution is 5.89. The molecule has 1 aromatic heterocycles. The van der Waals surface area contributed by atoms with Gasteiger partial charge in [0.15, 0.2) is 5.69 Å². The van der Waals surface area contributed by atoms with Crippen LogP contribution in [0.5, 0.6) is 0 Å². The van der Waals surface area contributed by atoms with Crippen LogP contribution >= 0.6 is 0 Å². The van der Waals surface area contributed by atoms with Gasteiger partial charge in [-0.2, -0.15) is 5.10 Å². The average molecular weight is 465 g/mol. The minimum Gasteiger partial charge on any atom is -0.461 e. The minimum atomic E-state index is -0.524. The number of benzene rings is 2. The maximum absolute atomic E-state index is 13.9. The Bertz CT molecular complexity index is 1170. The van der Waals surface area contributed by atoms with Crippen LogP contribution in [0.25, 0.3) is 16.9 Å². The number of esters is 1. The van der Waals surface area contributed by atoms with E-state index in [0.29, 0.717) is 24.5 Å². The monoisotopic (exact) mass is 464 g/mol. The van der Waals surface area contributed by atoms with Gasteiger partial charge in [-0.1, -0.05) is 32.0 Å². The molecule has 0 saturated carbocycles. The summed E-state index contributed by atoms with van der Waals surface area (Å²) in [4.78, 5) is 28.7. The molecule has 0 unspecified atom stereocenters. The topological polar surface area (TPSA) is 67.7 Å². The van der Waals surface area contributed by atoms with Gasteiger partial charge in [0.05, 0.1) is 18.0 Å². The van der Waals surface area contributed by atoms with E-state index in [1.54, 1.807) is 29.8 Å². The van der Waals surface area contributed by atoms with Crippen molar-refractivity contribution < 1.29 is 18.7 Å². The van der Waals surface area contributed by atoms with E-state index >= 15 is 0 Å². The van der Waals surface area contributed by atoms with E-state index in [0.717, 1.165) is 24.3 Å². The fourth-order valence-corrected chi connectivity index (χ4v) is 4.09. The Morgan fingerprint density at radius 1 is 1.00 bits per heavy atom. The number of nitrogens with zero attached hydrogens (tertiary/aromatic N) is 4. The van der Waals surface area contributed by atoms with Gasteiger partial charge in [-0.3, -0.25) is 4.79 Å². The molecule has 1 aliphatic heterocycles. The summed E-state index contributed by atoms with van der Waals surface area (Å²) in [7, 11) is 0. The van der Waals surface area contributed by atoms with E-state index in [9.17, 15) is 14.0 Å². The third-order valence-corrected chi connectivity index (χ3v) is 5.86. The molecular weight excluding hydrogens is 435 g/mol. The van der Waals surface area contributed by atoms with E-state index in [4.69, 9.17) is 4.74 Å². The van der Waals surface area contributed by atoms with Crippen molar-refractivity contribution in [2.24, 2.45) is 5.92 Å². The second-order valence-electron chi connectivity index (χ2n) is 8.54. The molecule has 3 aromatic rings. The Hall–Kier alpha value is -3.68. The molecular formula is C26H29FN4O3. The highest BCUT2D eigenvalue weighted by Gasteiger charge is 2.23. The van der Waals surface area contributed by atoms with Crippen molar-refractivity contribution in [2.75, 3.05) is 37.7 Å². The van der Waals surface area contributed by atoms with Crippen LogP contribution in [0.15, 0.2) is 54.6 Å². The van der Waals surface area contributed by atoms with Gasteiger partial charge in [-0.15, -0.1) is 0 Å². The number of ether oxygens (including phenoxy) is 1. The van der Waals surface area contributed by atoms with Gasteiger partial charge in [0.25, 0.3) is 0 Å². The minimum absolute atomic E-state index is 0.00766. The first-order valence-electron chi connectivity index (χ1n) is 11.5. The number of piperazine rings is 1. The summed E-state index contributed by atoms with van der Waals surface area (Å²) in [6, 6.07) is 15.7. The molecule has 8 heteroatoms. The number of hydrogen-bond donors (Lipinski definition) is 0. The van der Waals surface area contributed by atoms with Gasteiger partial charge in [0.2, 0.25) is 5.91 Å². The summed E-state index contributed by atoms with van der Waals surface area (Å²) in [5, 5.41) is 4.40. The molecule has 1 amide bonds. The van der Waals surface area contributed by atoms with Crippen molar-refractivity contribution in [3.8, 4) is 16.9 Å². The Balaban J connectivity index is 1.58. The second-order valence-corrected chi connectivity index (χ2v) is 8.54. The molecule has 0 spiro atoms. The maximum Gasteiger partial charge on any atom is 0.358 e. The number of halogens is 1. The fourth-order valence-electron chi connectivity index (χ4n) is 4.09. The standard InChI is InChI=1S/C26H29FN4O3/c1-4-34-26(33)23-17-24(31(28-23)22-7-5-6-20(27)16-22)19-8-10-21(11-9-19)29-12-14-30(15-13-29)25(32)18(2)3/h5-11,16-18H,4,12-15H2,1-3H3. The molecule has 7 nitrogen and oxygen atoms in total. The first kappa shape index (κ1) is 23.5. The zero-order chi connectivity index (χ0) is 24.2.